The fourth-order valence-electron chi connectivity index (χ4n) is 11.0. The van der Waals surface area contributed by atoms with Crippen LogP contribution in [0.1, 0.15) is 118 Å². The van der Waals surface area contributed by atoms with Crippen LogP contribution in [0.3, 0.4) is 0 Å². The third-order valence-electron chi connectivity index (χ3n) is 15.9. The largest absolute Gasteiger partial charge is 0.479 e. The number of nitrogens with two attached hydrogens (primary N) is 1. The highest BCUT2D eigenvalue weighted by molar-refractivity contribution is 5.93. The van der Waals surface area contributed by atoms with Gasteiger partial charge in [0.2, 0.25) is 24.0 Å². The van der Waals surface area contributed by atoms with Crippen molar-refractivity contribution >= 4 is 47.0 Å². The average Bonchev–Trinajstić information content (AvgIpc) is 3.91. The highest BCUT2D eigenvalue weighted by atomic mass is 16.7. The molecule has 2 aromatic carbocycles. The molecule has 22 heteroatoms. The number of aliphatic hydroxyl groups is 4. The number of carbonyl (C=O) groups is 7. The summed E-state index contributed by atoms with van der Waals surface area (Å²) in [6, 6.07) is 11.3. The average molecular weight is 1130 g/mol. The molecule has 0 aliphatic carbocycles. The number of likely N-dealkylation sites (N-methyl/N-ethyl adjacent to an activating group) is 2. The molecule has 22 nitrogen and oxygen atoms in total. The van der Waals surface area contributed by atoms with Gasteiger partial charge >= 0.3 is 12.1 Å². The number of aliphatic carboxylic acids is 1. The molecule has 2 heterocycles. The number of likely N-dealkylation sites (tertiary alicyclic amines) is 1. The van der Waals surface area contributed by atoms with Crippen LogP contribution in [0, 0.1) is 35.5 Å². The number of ketones is 2. The number of carboxylic acids is 1. The first kappa shape index (κ1) is 66.9. The number of nitrogens with zero attached hydrogens (tertiary/aromatic N) is 3. The molecule has 4 amide bonds. The highest BCUT2D eigenvalue weighted by Crippen LogP contribution is 2.35. The fourth-order valence-corrected chi connectivity index (χ4v) is 11.0. The van der Waals surface area contributed by atoms with Gasteiger partial charge in [-0.1, -0.05) is 98.2 Å². The summed E-state index contributed by atoms with van der Waals surface area (Å²) < 4.78 is 28.7. The van der Waals surface area contributed by atoms with E-state index in [1.807, 2.05) is 65.0 Å². The standard InChI is InChI=1S/C58H89N5O17/c1-13-33(6)48(44(76-11)29-46(67)63-25-17-20-40(63)53(77-12)35(8)41(64)26-34(7)49(68)37-18-15-14-16-19-37)61(9)55(72)38(31(2)3)28-42(65)47(32(4)5)62(10)58(75)78-30-36-21-22-43(39(27-36)60-45(66)23-24-59)79-57-52(71)50(69)51(70)54(80-57)56(73)74/h14-16,18-19,21-22,27,31-35,38,40,44,47-54,57,68-71H,13,17,20,23-26,28-30,59H2,1-12H3,(H,60,66)(H,73,74)/t33?,34?,35?,38?,40?,44?,47?,48?,49?,50-,51-,52+,53?,54-,57-/m0/s1. The summed E-state index contributed by atoms with van der Waals surface area (Å²) in [7, 11) is 6.12. The van der Waals surface area contributed by atoms with Gasteiger partial charge in [-0.3, -0.25) is 24.0 Å². The van der Waals surface area contributed by atoms with E-state index in [9.17, 15) is 59.1 Å². The Morgan fingerprint density at radius 3 is 2.06 bits per heavy atom. The minimum Gasteiger partial charge on any atom is -0.479 e. The van der Waals surface area contributed by atoms with Crippen LogP contribution in [-0.4, -0.2) is 184 Å². The Kier molecular flexibility index (Phi) is 25.9. The first-order valence-electron chi connectivity index (χ1n) is 27.8. The van der Waals surface area contributed by atoms with Gasteiger partial charge in [-0.2, -0.15) is 0 Å². The van der Waals surface area contributed by atoms with Gasteiger partial charge in [0.05, 0.1) is 48.5 Å². The van der Waals surface area contributed by atoms with E-state index >= 15 is 0 Å². The topological polar surface area (TPSA) is 315 Å². The number of nitrogens with one attached hydrogen (secondary N) is 1. The maximum atomic E-state index is 14.8. The molecule has 0 saturated carbocycles. The van der Waals surface area contributed by atoms with Gasteiger partial charge in [0.1, 0.15) is 36.5 Å². The third-order valence-corrected chi connectivity index (χ3v) is 15.9. The molecular formula is C58H89N5O17. The van der Waals surface area contributed by atoms with E-state index in [-0.39, 0.29) is 91.4 Å². The van der Waals surface area contributed by atoms with E-state index in [2.05, 4.69) is 5.32 Å². The molecular weight excluding hydrogens is 1040 g/mol. The number of hydrogen-bond donors (Lipinski definition) is 7. The van der Waals surface area contributed by atoms with Crippen molar-refractivity contribution in [2.24, 2.45) is 41.2 Å². The van der Waals surface area contributed by atoms with Gasteiger partial charge in [0.15, 0.2) is 11.9 Å². The lowest BCUT2D eigenvalue weighted by Crippen LogP contribution is -2.61. The van der Waals surface area contributed by atoms with Crippen molar-refractivity contribution in [3.63, 3.8) is 0 Å². The molecule has 0 radical (unpaired) electrons. The van der Waals surface area contributed by atoms with Gasteiger partial charge in [-0.15, -0.1) is 0 Å². The summed E-state index contributed by atoms with van der Waals surface area (Å²) in [6.07, 6.45) is -11.0. The first-order valence-corrected chi connectivity index (χ1v) is 27.8. The summed E-state index contributed by atoms with van der Waals surface area (Å²) in [6.45, 7) is 14.9. The molecule has 8 N–H and O–H groups in total. The minimum absolute atomic E-state index is 0.0125. The Bertz CT molecular complexity index is 2380. The van der Waals surface area contributed by atoms with E-state index in [4.69, 9.17) is 29.4 Å². The number of methoxy groups -OCH3 is 2. The van der Waals surface area contributed by atoms with Crippen molar-refractivity contribution in [1.82, 2.24) is 14.7 Å². The van der Waals surface area contributed by atoms with Crippen LogP contribution in [0.4, 0.5) is 10.5 Å². The first-order chi connectivity index (χ1) is 37.7. The molecule has 2 aliphatic rings. The maximum absolute atomic E-state index is 14.8. The van der Waals surface area contributed by atoms with E-state index in [0.717, 1.165) is 5.56 Å². The van der Waals surface area contributed by atoms with Crippen molar-refractivity contribution in [3.8, 4) is 5.75 Å². The lowest BCUT2D eigenvalue weighted by atomic mass is 9.83. The zero-order valence-corrected chi connectivity index (χ0v) is 48.6. The third kappa shape index (κ3) is 17.0. The van der Waals surface area contributed by atoms with Crippen LogP contribution in [-0.2, 0) is 54.3 Å². The van der Waals surface area contributed by atoms with Gasteiger partial charge in [-0.25, -0.2) is 9.59 Å². The lowest BCUT2D eigenvalue weighted by molar-refractivity contribution is -0.271. The quantitative estimate of drug-likeness (QED) is 0.0573. The molecule has 15 atom stereocenters. The predicted molar refractivity (Wildman–Crippen MR) is 295 cm³/mol. The van der Waals surface area contributed by atoms with Crippen molar-refractivity contribution in [3.05, 3.63) is 59.7 Å². The van der Waals surface area contributed by atoms with Crippen molar-refractivity contribution < 1.29 is 82.8 Å². The number of carbonyl (C=O) groups excluding carboxylic acids is 6. The number of rotatable bonds is 30. The van der Waals surface area contributed by atoms with Crippen LogP contribution < -0.4 is 15.8 Å². The second-order valence-electron chi connectivity index (χ2n) is 22.2. The van der Waals surface area contributed by atoms with Crippen LogP contribution >= 0.6 is 0 Å². The molecule has 80 heavy (non-hydrogen) atoms. The van der Waals surface area contributed by atoms with E-state index in [1.54, 1.807) is 37.6 Å². The summed E-state index contributed by atoms with van der Waals surface area (Å²) in [5.74, 6) is -6.00. The molecule has 4 rings (SSSR count). The predicted octanol–water partition coefficient (Wildman–Crippen LogP) is 4.32. The summed E-state index contributed by atoms with van der Waals surface area (Å²) in [5.41, 5.74) is 6.61. The number of hydrogen-bond acceptors (Lipinski definition) is 17. The second kappa shape index (κ2) is 31.0. The van der Waals surface area contributed by atoms with Crippen molar-refractivity contribution in [2.75, 3.05) is 46.7 Å². The Hall–Kier alpha value is -5.59. The lowest BCUT2D eigenvalue weighted by Gasteiger charge is -2.41. The number of amides is 4. The van der Waals surface area contributed by atoms with Crippen molar-refractivity contribution in [2.45, 2.75) is 174 Å². The number of Topliss-reactive ketones (excluding diaryl/α,β-unsaturated/α-hetero) is 2. The Balaban J connectivity index is 1.47. The molecule has 448 valence electrons. The number of carboxylic acid groups (broad SMARTS) is 1. The van der Waals surface area contributed by atoms with Crippen LogP contribution in [0.25, 0.3) is 0 Å². The summed E-state index contributed by atoms with van der Waals surface area (Å²) >= 11 is 0. The van der Waals surface area contributed by atoms with Gasteiger partial charge in [0, 0.05) is 72.5 Å². The highest BCUT2D eigenvalue weighted by Gasteiger charge is 2.49. The van der Waals surface area contributed by atoms with E-state index in [0.29, 0.717) is 31.4 Å². The molecule has 2 aliphatic heterocycles. The molecule has 2 aromatic rings. The Morgan fingerprint density at radius 2 is 1.49 bits per heavy atom. The summed E-state index contributed by atoms with van der Waals surface area (Å²) in [5, 5.41) is 54.1. The number of ether oxygens (including phenoxy) is 5. The van der Waals surface area contributed by atoms with Gasteiger partial charge in [-0.05, 0) is 59.8 Å². The number of benzene rings is 2. The molecule has 0 bridgehead atoms. The van der Waals surface area contributed by atoms with Gasteiger partial charge < -0.3 is 75.0 Å². The van der Waals surface area contributed by atoms with Crippen molar-refractivity contribution in [1.29, 1.82) is 0 Å². The monoisotopic (exact) mass is 1130 g/mol. The second-order valence-corrected chi connectivity index (χ2v) is 22.2. The van der Waals surface area contributed by atoms with Gasteiger partial charge in [0.25, 0.3) is 0 Å². The number of anilines is 1. The van der Waals surface area contributed by atoms with E-state index < -0.39 is 103 Å². The Labute approximate surface area is 470 Å². The zero-order chi connectivity index (χ0) is 59.9. The molecule has 2 fully saturated rings. The van der Waals surface area contributed by atoms with E-state index in [1.165, 1.54) is 44.4 Å². The molecule has 0 spiro atoms. The Morgan fingerprint density at radius 1 is 0.825 bits per heavy atom. The smallest absolute Gasteiger partial charge is 0.410 e. The van der Waals surface area contributed by atoms with Crippen LogP contribution in [0.2, 0.25) is 0 Å². The van der Waals surface area contributed by atoms with Crippen LogP contribution in [0.5, 0.6) is 5.75 Å². The molecule has 0 aromatic heterocycles. The zero-order valence-electron chi connectivity index (χ0n) is 48.6. The van der Waals surface area contributed by atoms with Crippen LogP contribution in [0.15, 0.2) is 48.5 Å². The molecule has 10 unspecified atom stereocenters. The molecule has 2 saturated heterocycles. The fraction of sp³-hybridized carbons (Fsp3) is 0.672. The SMILES string of the molecule is CCC(C)C(C(CC(=O)N1CCCC1C(OC)C(C)C(=O)CC(C)C(O)c1ccccc1)OC)N(C)C(=O)C(CC(=O)C(C(C)C)N(C)C(=O)OCc1ccc(O[C@H]2O[C@H](C(=O)O)[C@@H](O)[C@H](O)[C@H]2O)c(NC(=O)CCN)c1)C(C)C. The number of aliphatic hydroxyl groups excluding tert-OH is 4. The maximum Gasteiger partial charge on any atom is 0.410 e. The minimum atomic E-state index is -1.97. The summed E-state index contributed by atoms with van der Waals surface area (Å²) in [4.78, 5) is 100. The normalized spacial score (nSPS) is 22.7.